The monoisotopic (exact) mass is 457 g/mol. The zero-order chi connectivity index (χ0) is 22.2. The van der Waals surface area contributed by atoms with Gasteiger partial charge in [0, 0.05) is 21.9 Å². The number of carbonyl (C=O) groups is 2. The summed E-state index contributed by atoms with van der Waals surface area (Å²) in [5.41, 5.74) is 1.97. The Balaban J connectivity index is 1.72. The molecule has 31 heavy (non-hydrogen) atoms. The van der Waals surface area contributed by atoms with Crippen LogP contribution < -0.4 is 10.1 Å². The van der Waals surface area contributed by atoms with E-state index in [1.54, 1.807) is 19.1 Å². The molecular weight excluding hydrogens is 434 g/mol. The molecule has 0 saturated heterocycles. The van der Waals surface area contributed by atoms with Crippen molar-refractivity contribution in [3.63, 3.8) is 0 Å². The molecule has 3 aromatic rings. The summed E-state index contributed by atoms with van der Waals surface area (Å²) in [4.78, 5) is 26.2. The van der Waals surface area contributed by atoms with Crippen LogP contribution in [0.3, 0.4) is 0 Å². The summed E-state index contributed by atoms with van der Waals surface area (Å²) >= 11 is 7.37. The molecule has 0 bridgehead atoms. The molecule has 0 aliphatic rings. The number of nitrogens with one attached hydrogen (secondary N) is 1. The fourth-order valence-electron chi connectivity index (χ4n) is 3.12. The first-order chi connectivity index (χ1) is 15.0. The highest BCUT2D eigenvalue weighted by Crippen LogP contribution is 2.40. The Kier molecular flexibility index (Phi) is 8.09. The summed E-state index contributed by atoms with van der Waals surface area (Å²) in [6.07, 6.45) is 0.839. The van der Waals surface area contributed by atoms with Gasteiger partial charge in [-0.05, 0) is 50.1 Å². The van der Waals surface area contributed by atoms with Crippen LogP contribution in [0, 0.1) is 6.92 Å². The lowest BCUT2D eigenvalue weighted by Gasteiger charge is -2.10. The highest BCUT2D eigenvalue weighted by Gasteiger charge is 2.25. The minimum absolute atomic E-state index is 0.175. The molecule has 2 aromatic carbocycles. The molecular formula is C24H24ClNO4S. The maximum atomic E-state index is 12.7. The van der Waals surface area contributed by atoms with Crippen LogP contribution in [0.2, 0.25) is 5.02 Å². The molecule has 7 heteroatoms. The van der Waals surface area contributed by atoms with E-state index in [1.807, 2.05) is 49.4 Å². The average Bonchev–Trinajstić information content (AvgIpc) is 3.08. The summed E-state index contributed by atoms with van der Waals surface area (Å²) in [5.74, 6) is 0.139. The predicted octanol–water partition coefficient (Wildman–Crippen LogP) is 6.35. The van der Waals surface area contributed by atoms with Gasteiger partial charge in [-0.15, -0.1) is 11.3 Å². The molecule has 0 saturated carbocycles. The lowest BCUT2D eigenvalue weighted by Crippen LogP contribution is -2.15. The SMILES string of the molecule is CCOC(=O)c1c(NC(=O)CCCOc2ccccc2)sc(C)c1-c1ccc(Cl)cc1. The molecule has 162 valence electrons. The van der Waals surface area contributed by atoms with E-state index in [0.29, 0.717) is 28.6 Å². The van der Waals surface area contributed by atoms with Crippen molar-refractivity contribution in [1.29, 1.82) is 0 Å². The third-order valence-electron chi connectivity index (χ3n) is 4.51. The maximum Gasteiger partial charge on any atom is 0.341 e. The van der Waals surface area contributed by atoms with E-state index in [4.69, 9.17) is 21.1 Å². The van der Waals surface area contributed by atoms with Gasteiger partial charge < -0.3 is 14.8 Å². The molecule has 3 rings (SSSR count). The van der Waals surface area contributed by atoms with Gasteiger partial charge in [-0.3, -0.25) is 4.79 Å². The van der Waals surface area contributed by atoms with Crippen LogP contribution in [0.25, 0.3) is 11.1 Å². The number of hydrogen-bond donors (Lipinski definition) is 1. The van der Waals surface area contributed by atoms with E-state index in [1.165, 1.54) is 11.3 Å². The Bertz CT molecular complexity index is 1030. The van der Waals surface area contributed by atoms with Crippen molar-refractivity contribution in [2.75, 3.05) is 18.5 Å². The summed E-state index contributed by atoms with van der Waals surface area (Å²) in [5, 5.41) is 3.99. The van der Waals surface area contributed by atoms with Gasteiger partial charge in [0.25, 0.3) is 0 Å². The highest BCUT2D eigenvalue weighted by atomic mass is 35.5. The van der Waals surface area contributed by atoms with Crippen LogP contribution in [-0.2, 0) is 9.53 Å². The van der Waals surface area contributed by atoms with Crippen LogP contribution in [0.15, 0.2) is 54.6 Å². The molecule has 0 radical (unpaired) electrons. The third-order valence-corrected chi connectivity index (χ3v) is 5.78. The van der Waals surface area contributed by atoms with E-state index in [9.17, 15) is 9.59 Å². The Labute approximate surface area is 191 Å². The zero-order valence-electron chi connectivity index (χ0n) is 17.4. The quantitative estimate of drug-likeness (QED) is 0.300. The summed E-state index contributed by atoms with van der Waals surface area (Å²) in [7, 11) is 0. The molecule has 0 unspecified atom stereocenters. The molecule has 1 N–H and O–H groups in total. The maximum absolute atomic E-state index is 12.7. The van der Waals surface area contributed by atoms with Gasteiger partial charge in [0.05, 0.1) is 13.2 Å². The first-order valence-electron chi connectivity index (χ1n) is 10.0. The lowest BCUT2D eigenvalue weighted by atomic mass is 10.0. The van der Waals surface area contributed by atoms with Crippen LogP contribution in [0.1, 0.15) is 35.0 Å². The van der Waals surface area contributed by atoms with E-state index in [-0.39, 0.29) is 18.9 Å². The average molecular weight is 458 g/mol. The molecule has 0 aliphatic carbocycles. The van der Waals surface area contributed by atoms with Crippen molar-refractivity contribution in [3.05, 3.63) is 70.1 Å². The van der Waals surface area contributed by atoms with Gasteiger partial charge in [0.15, 0.2) is 0 Å². The number of halogens is 1. The fourth-order valence-corrected chi connectivity index (χ4v) is 4.33. The predicted molar refractivity (Wildman–Crippen MR) is 125 cm³/mol. The van der Waals surface area contributed by atoms with Gasteiger partial charge in [-0.1, -0.05) is 41.9 Å². The Morgan fingerprint density at radius 2 is 1.77 bits per heavy atom. The number of para-hydroxylation sites is 1. The summed E-state index contributed by atoms with van der Waals surface area (Å²) in [6.45, 7) is 4.35. The Hall–Kier alpha value is -2.83. The molecule has 0 fully saturated rings. The van der Waals surface area contributed by atoms with Crippen molar-refractivity contribution < 1.29 is 19.1 Å². The number of esters is 1. The normalized spacial score (nSPS) is 10.5. The minimum Gasteiger partial charge on any atom is -0.494 e. The molecule has 0 atom stereocenters. The smallest absolute Gasteiger partial charge is 0.341 e. The van der Waals surface area contributed by atoms with E-state index >= 15 is 0 Å². The zero-order valence-corrected chi connectivity index (χ0v) is 19.0. The fraction of sp³-hybridized carbons (Fsp3) is 0.250. The van der Waals surface area contributed by atoms with Crippen LogP contribution in [0.4, 0.5) is 5.00 Å². The first kappa shape index (κ1) is 22.8. The van der Waals surface area contributed by atoms with Crippen molar-refractivity contribution in [2.45, 2.75) is 26.7 Å². The highest BCUT2D eigenvalue weighted by molar-refractivity contribution is 7.17. The Morgan fingerprint density at radius 3 is 2.45 bits per heavy atom. The van der Waals surface area contributed by atoms with Gasteiger partial charge in [-0.2, -0.15) is 0 Å². The molecule has 0 aliphatic heterocycles. The number of anilines is 1. The molecule has 0 spiro atoms. The molecule has 1 aromatic heterocycles. The molecule has 1 amide bonds. The largest absolute Gasteiger partial charge is 0.494 e. The number of amides is 1. The molecule has 5 nitrogen and oxygen atoms in total. The van der Waals surface area contributed by atoms with Crippen molar-refractivity contribution >= 4 is 39.8 Å². The second-order valence-corrected chi connectivity index (χ2v) is 8.44. The van der Waals surface area contributed by atoms with Gasteiger partial charge in [0.2, 0.25) is 5.91 Å². The number of hydrogen-bond acceptors (Lipinski definition) is 5. The van der Waals surface area contributed by atoms with Crippen molar-refractivity contribution in [2.24, 2.45) is 0 Å². The van der Waals surface area contributed by atoms with E-state index in [0.717, 1.165) is 21.8 Å². The number of aryl methyl sites for hydroxylation is 1. The number of ether oxygens (including phenoxy) is 2. The lowest BCUT2D eigenvalue weighted by molar-refractivity contribution is -0.116. The van der Waals surface area contributed by atoms with Crippen molar-refractivity contribution in [3.8, 4) is 16.9 Å². The second-order valence-electron chi connectivity index (χ2n) is 6.78. The van der Waals surface area contributed by atoms with Gasteiger partial charge in [-0.25, -0.2) is 4.79 Å². The van der Waals surface area contributed by atoms with E-state index in [2.05, 4.69) is 5.32 Å². The number of rotatable bonds is 9. The number of thiophene rings is 1. The third kappa shape index (κ3) is 6.09. The molecule has 1 heterocycles. The van der Waals surface area contributed by atoms with Crippen molar-refractivity contribution in [1.82, 2.24) is 0 Å². The first-order valence-corrected chi connectivity index (χ1v) is 11.2. The number of carbonyl (C=O) groups excluding carboxylic acids is 2. The van der Waals surface area contributed by atoms with Crippen LogP contribution >= 0.6 is 22.9 Å². The van der Waals surface area contributed by atoms with Crippen LogP contribution in [-0.4, -0.2) is 25.1 Å². The summed E-state index contributed by atoms with van der Waals surface area (Å²) in [6, 6.07) is 16.7. The number of benzene rings is 2. The summed E-state index contributed by atoms with van der Waals surface area (Å²) < 4.78 is 10.9. The van der Waals surface area contributed by atoms with Crippen LogP contribution in [0.5, 0.6) is 5.75 Å². The minimum atomic E-state index is -0.459. The second kappa shape index (κ2) is 11.0. The topological polar surface area (TPSA) is 64.6 Å². The van der Waals surface area contributed by atoms with Gasteiger partial charge >= 0.3 is 5.97 Å². The van der Waals surface area contributed by atoms with E-state index < -0.39 is 5.97 Å². The van der Waals surface area contributed by atoms with Gasteiger partial charge in [0.1, 0.15) is 16.3 Å². The standard InChI is InChI=1S/C24H24ClNO4S/c1-3-29-24(28)22-21(17-11-13-18(25)14-12-17)16(2)31-23(22)26-20(27)10-7-15-30-19-8-5-4-6-9-19/h4-6,8-9,11-14H,3,7,10,15H2,1-2H3,(H,26,27). The Morgan fingerprint density at radius 1 is 1.06 bits per heavy atom.